The summed E-state index contributed by atoms with van der Waals surface area (Å²) in [4.78, 5) is 23.5. The summed E-state index contributed by atoms with van der Waals surface area (Å²) >= 11 is 4.43. The number of nitro benzene ring substituents is 1. The Morgan fingerprint density at radius 3 is 2.67 bits per heavy atom. The first-order valence-electron chi connectivity index (χ1n) is 7.66. The topological polar surface area (TPSA) is 100 Å². The number of aryl methyl sites for hydroxylation is 1. The normalized spacial score (nSPS) is 10.6. The Morgan fingerprint density at radius 2 is 2.04 bits per heavy atom. The minimum absolute atomic E-state index is 0.0787. The van der Waals surface area contributed by atoms with Gasteiger partial charge in [0.2, 0.25) is 0 Å². The highest BCUT2D eigenvalue weighted by molar-refractivity contribution is 9.10. The minimum Gasteiger partial charge on any atom is -0.457 e. The van der Waals surface area contributed by atoms with Crippen molar-refractivity contribution in [3.63, 3.8) is 0 Å². The van der Waals surface area contributed by atoms with Crippen molar-refractivity contribution in [1.82, 2.24) is 14.8 Å². The van der Waals surface area contributed by atoms with E-state index < -0.39 is 10.9 Å². The second-order valence-corrected chi connectivity index (χ2v) is 7.39. The molecule has 3 rings (SSSR count). The van der Waals surface area contributed by atoms with Crippen LogP contribution in [0.25, 0.3) is 0 Å². The molecule has 0 saturated carbocycles. The molecule has 3 aromatic rings. The maximum atomic E-state index is 12.3. The van der Waals surface area contributed by atoms with Crippen molar-refractivity contribution < 1.29 is 14.5 Å². The molecule has 0 N–H and O–H groups in total. The number of hydrogen-bond acceptors (Lipinski definition) is 7. The van der Waals surface area contributed by atoms with Crippen LogP contribution >= 0.6 is 27.7 Å². The standard InChI is InChI=1S/C17H13BrN4O4S/c1-21-10-19-20-17(21)27-15-7-4-12(8-14(15)22(24)25)16(23)26-9-11-2-5-13(18)6-3-11/h2-8,10H,9H2,1H3. The predicted molar refractivity (Wildman–Crippen MR) is 101 cm³/mol. The number of carbonyl (C=O) groups excluding carboxylic acids is 1. The Kier molecular flexibility index (Phi) is 5.87. The molecule has 0 aliphatic carbocycles. The average Bonchev–Trinajstić information content (AvgIpc) is 3.06. The minimum atomic E-state index is -0.628. The van der Waals surface area contributed by atoms with Gasteiger partial charge in [-0.25, -0.2) is 4.79 Å². The highest BCUT2D eigenvalue weighted by Crippen LogP contribution is 2.34. The first kappa shape index (κ1) is 19.1. The van der Waals surface area contributed by atoms with E-state index in [1.807, 2.05) is 24.3 Å². The van der Waals surface area contributed by atoms with Crippen LogP contribution < -0.4 is 0 Å². The number of nitro groups is 1. The largest absolute Gasteiger partial charge is 0.457 e. The second kappa shape index (κ2) is 8.31. The predicted octanol–water partition coefficient (Wildman–Crippen LogP) is 3.99. The molecule has 27 heavy (non-hydrogen) atoms. The summed E-state index contributed by atoms with van der Waals surface area (Å²) in [5.41, 5.74) is 0.734. The van der Waals surface area contributed by atoms with Crippen molar-refractivity contribution in [2.75, 3.05) is 0 Å². The number of ether oxygens (including phenoxy) is 1. The Balaban J connectivity index is 1.76. The van der Waals surface area contributed by atoms with Crippen molar-refractivity contribution >= 4 is 39.3 Å². The van der Waals surface area contributed by atoms with E-state index in [4.69, 9.17) is 4.74 Å². The van der Waals surface area contributed by atoms with Gasteiger partial charge in [-0.15, -0.1) is 10.2 Å². The van der Waals surface area contributed by atoms with Crippen molar-refractivity contribution in [3.05, 3.63) is 74.5 Å². The molecule has 10 heteroatoms. The zero-order valence-electron chi connectivity index (χ0n) is 14.0. The molecule has 0 saturated heterocycles. The SMILES string of the molecule is Cn1cnnc1Sc1ccc(C(=O)OCc2ccc(Br)cc2)cc1[N+](=O)[O-]. The van der Waals surface area contributed by atoms with Crippen LogP contribution in [0.5, 0.6) is 0 Å². The maximum absolute atomic E-state index is 12.3. The summed E-state index contributed by atoms with van der Waals surface area (Å²) in [5, 5.41) is 19.6. The molecule has 0 bridgehead atoms. The molecule has 0 aliphatic heterocycles. The zero-order chi connectivity index (χ0) is 19.4. The molecule has 0 radical (unpaired) electrons. The van der Waals surface area contributed by atoms with E-state index in [2.05, 4.69) is 26.1 Å². The lowest BCUT2D eigenvalue weighted by Gasteiger charge is -2.07. The molecule has 0 aliphatic rings. The van der Waals surface area contributed by atoms with Gasteiger partial charge in [-0.05, 0) is 41.6 Å². The summed E-state index contributed by atoms with van der Waals surface area (Å²) < 4.78 is 7.81. The molecule has 0 unspecified atom stereocenters. The number of halogens is 1. The molecular weight excluding hydrogens is 436 g/mol. The Hall–Kier alpha value is -2.72. The summed E-state index contributed by atoms with van der Waals surface area (Å²) in [5.74, 6) is -0.628. The number of carbonyl (C=O) groups is 1. The molecule has 0 fully saturated rings. The summed E-state index contributed by atoms with van der Waals surface area (Å²) in [6.45, 7) is 0.0787. The highest BCUT2D eigenvalue weighted by atomic mass is 79.9. The van der Waals surface area contributed by atoms with Crippen LogP contribution in [-0.2, 0) is 18.4 Å². The van der Waals surface area contributed by atoms with Gasteiger partial charge in [0.25, 0.3) is 5.69 Å². The summed E-state index contributed by atoms with van der Waals surface area (Å²) in [6.07, 6.45) is 1.50. The quantitative estimate of drug-likeness (QED) is 0.319. The molecule has 1 aromatic heterocycles. The Bertz CT molecular complexity index is 991. The third-order valence-corrected chi connectivity index (χ3v) is 5.19. The third-order valence-electron chi connectivity index (χ3n) is 3.55. The van der Waals surface area contributed by atoms with Gasteiger partial charge in [0.15, 0.2) is 5.16 Å². The number of nitrogens with zero attached hydrogens (tertiary/aromatic N) is 4. The van der Waals surface area contributed by atoms with Gasteiger partial charge >= 0.3 is 5.97 Å². The second-order valence-electron chi connectivity index (χ2n) is 5.47. The van der Waals surface area contributed by atoms with Crippen molar-refractivity contribution in [1.29, 1.82) is 0 Å². The lowest BCUT2D eigenvalue weighted by atomic mass is 10.2. The molecular formula is C17H13BrN4O4S. The fourth-order valence-corrected chi connectivity index (χ4v) is 3.26. The monoisotopic (exact) mass is 448 g/mol. The molecule has 1 heterocycles. The fraction of sp³-hybridized carbons (Fsp3) is 0.118. The molecule has 2 aromatic carbocycles. The lowest BCUT2D eigenvalue weighted by molar-refractivity contribution is -0.387. The summed E-state index contributed by atoms with van der Waals surface area (Å²) in [7, 11) is 1.74. The first-order chi connectivity index (χ1) is 12.9. The van der Waals surface area contributed by atoms with Crippen LogP contribution in [0, 0.1) is 10.1 Å². The van der Waals surface area contributed by atoms with E-state index in [9.17, 15) is 14.9 Å². The van der Waals surface area contributed by atoms with Gasteiger partial charge in [0.1, 0.15) is 12.9 Å². The molecule has 0 atom stereocenters. The van der Waals surface area contributed by atoms with Gasteiger partial charge in [-0.2, -0.15) is 0 Å². The Labute approximate surface area is 166 Å². The number of rotatable bonds is 6. The van der Waals surface area contributed by atoms with Crippen LogP contribution in [0.15, 0.2) is 63.3 Å². The number of aromatic nitrogens is 3. The third kappa shape index (κ3) is 4.72. The number of benzene rings is 2. The van der Waals surface area contributed by atoms with E-state index in [1.54, 1.807) is 11.6 Å². The van der Waals surface area contributed by atoms with Crippen LogP contribution in [0.3, 0.4) is 0 Å². The van der Waals surface area contributed by atoms with Crippen molar-refractivity contribution in [2.45, 2.75) is 16.7 Å². The molecule has 0 amide bonds. The molecule has 138 valence electrons. The van der Waals surface area contributed by atoms with E-state index in [-0.39, 0.29) is 17.9 Å². The molecule has 8 nitrogen and oxygen atoms in total. The lowest BCUT2D eigenvalue weighted by Crippen LogP contribution is -2.06. The van der Waals surface area contributed by atoms with Gasteiger partial charge in [-0.1, -0.05) is 28.1 Å². The van der Waals surface area contributed by atoms with Gasteiger partial charge in [0.05, 0.1) is 15.4 Å². The maximum Gasteiger partial charge on any atom is 0.338 e. The van der Waals surface area contributed by atoms with Crippen molar-refractivity contribution in [2.24, 2.45) is 7.05 Å². The van der Waals surface area contributed by atoms with Crippen LogP contribution in [-0.4, -0.2) is 25.7 Å². The number of esters is 1. The first-order valence-corrected chi connectivity index (χ1v) is 9.27. The van der Waals surface area contributed by atoms with E-state index in [0.717, 1.165) is 21.8 Å². The van der Waals surface area contributed by atoms with Gasteiger partial charge < -0.3 is 9.30 Å². The fourth-order valence-electron chi connectivity index (χ4n) is 2.15. The van der Waals surface area contributed by atoms with E-state index in [0.29, 0.717) is 10.1 Å². The summed E-state index contributed by atoms with van der Waals surface area (Å²) in [6, 6.07) is 11.5. The van der Waals surface area contributed by atoms with Crippen molar-refractivity contribution in [3.8, 4) is 0 Å². The van der Waals surface area contributed by atoms with Crippen LogP contribution in [0.4, 0.5) is 5.69 Å². The van der Waals surface area contributed by atoms with Gasteiger partial charge in [-0.3, -0.25) is 10.1 Å². The van der Waals surface area contributed by atoms with Crippen LogP contribution in [0.2, 0.25) is 0 Å². The van der Waals surface area contributed by atoms with E-state index >= 15 is 0 Å². The van der Waals surface area contributed by atoms with E-state index in [1.165, 1.54) is 24.5 Å². The number of hydrogen-bond donors (Lipinski definition) is 0. The van der Waals surface area contributed by atoms with Crippen LogP contribution in [0.1, 0.15) is 15.9 Å². The Morgan fingerprint density at radius 1 is 1.30 bits per heavy atom. The highest BCUT2D eigenvalue weighted by Gasteiger charge is 2.20. The zero-order valence-corrected chi connectivity index (χ0v) is 16.4. The smallest absolute Gasteiger partial charge is 0.338 e. The van der Waals surface area contributed by atoms with Gasteiger partial charge in [0, 0.05) is 17.6 Å². The average molecular weight is 449 g/mol. The molecule has 0 spiro atoms.